The lowest BCUT2D eigenvalue weighted by atomic mass is 9.99. The van der Waals surface area contributed by atoms with Gasteiger partial charge in [-0.15, -0.1) is 0 Å². The Morgan fingerprint density at radius 1 is 0.952 bits per heavy atom. The summed E-state index contributed by atoms with van der Waals surface area (Å²) in [6, 6.07) is 23.3. The first-order chi connectivity index (χ1) is 10.2. The molecule has 106 valence electrons. The average molecular weight is 296 g/mol. The molecule has 0 spiro atoms. The third kappa shape index (κ3) is 3.26. The maximum absolute atomic E-state index is 6.03. The molecular formula is C19H18ClN. The summed E-state index contributed by atoms with van der Waals surface area (Å²) in [4.78, 5) is 0. The van der Waals surface area contributed by atoms with Crippen molar-refractivity contribution in [2.24, 2.45) is 0 Å². The molecule has 0 aromatic heterocycles. The fourth-order valence-electron chi connectivity index (χ4n) is 2.66. The summed E-state index contributed by atoms with van der Waals surface area (Å²) >= 11 is 6.03. The maximum Gasteiger partial charge on any atom is 0.0409 e. The van der Waals surface area contributed by atoms with E-state index in [1.807, 2.05) is 18.2 Å². The summed E-state index contributed by atoms with van der Waals surface area (Å²) in [7, 11) is 0. The van der Waals surface area contributed by atoms with Crippen LogP contribution in [-0.2, 0) is 6.54 Å². The highest BCUT2D eigenvalue weighted by atomic mass is 35.5. The van der Waals surface area contributed by atoms with E-state index in [0.29, 0.717) is 0 Å². The lowest BCUT2D eigenvalue weighted by Gasteiger charge is -2.17. The predicted octanol–water partition coefficient (Wildman–Crippen LogP) is 5.34. The largest absolute Gasteiger partial charge is 0.306 e. The molecule has 0 bridgehead atoms. The van der Waals surface area contributed by atoms with Crippen LogP contribution < -0.4 is 5.32 Å². The standard InChI is InChI=1S/C19H18ClN/c1-14(21-13-15-6-4-9-17(20)12-15)18-11-5-8-16-7-2-3-10-19(16)18/h2-12,14,21H,13H2,1H3/t14-/m1/s1. The van der Waals surface area contributed by atoms with Crippen molar-refractivity contribution in [2.75, 3.05) is 0 Å². The molecule has 3 aromatic carbocycles. The number of rotatable bonds is 4. The van der Waals surface area contributed by atoms with Crippen molar-refractivity contribution in [1.29, 1.82) is 0 Å². The first-order valence-electron chi connectivity index (χ1n) is 7.19. The highest BCUT2D eigenvalue weighted by molar-refractivity contribution is 6.30. The topological polar surface area (TPSA) is 12.0 Å². The second kappa shape index (κ2) is 6.30. The van der Waals surface area contributed by atoms with Crippen molar-refractivity contribution in [2.45, 2.75) is 19.5 Å². The van der Waals surface area contributed by atoms with Crippen LogP contribution in [0.25, 0.3) is 10.8 Å². The first-order valence-corrected chi connectivity index (χ1v) is 7.57. The van der Waals surface area contributed by atoms with Crippen LogP contribution in [0.5, 0.6) is 0 Å². The monoisotopic (exact) mass is 295 g/mol. The van der Waals surface area contributed by atoms with Gasteiger partial charge in [0.15, 0.2) is 0 Å². The molecule has 1 atom stereocenters. The van der Waals surface area contributed by atoms with Crippen LogP contribution in [0.3, 0.4) is 0 Å². The predicted molar refractivity (Wildman–Crippen MR) is 90.7 cm³/mol. The fraction of sp³-hybridized carbons (Fsp3) is 0.158. The third-order valence-electron chi connectivity index (χ3n) is 3.79. The van der Waals surface area contributed by atoms with Crippen LogP contribution in [0, 0.1) is 0 Å². The van der Waals surface area contributed by atoms with E-state index in [2.05, 4.69) is 60.8 Å². The molecular weight excluding hydrogens is 278 g/mol. The van der Waals surface area contributed by atoms with E-state index < -0.39 is 0 Å². The Hall–Kier alpha value is -1.83. The van der Waals surface area contributed by atoms with Gasteiger partial charge in [-0.05, 0) is 41.0 Å². The van der Waals surface area contributed by atoms with Gasteiger partial charge in [-0.3, -0.25) is 0 Å². The van der Waals surface area contributed by atoms with Crippen LogP contribution in [0.2, 0.25) is 5.02 Å². The van der Waals surface area contributed by atoms with Gasteiger partial charge in [0.05, 0.1) is 0 Å². The van der Waals surface area contributed by atoms with Crippen LogP contribution in [-0.4, -0.2) is 0 Å². The lowest BCUT2D eigenvalue weighted by Crippen LogP contribution is -2.18. The van der Waals surface area contributed by atoms with Crippen molar-refractivity contribution in [3.8, 4) is 0 Å². The Morgan fingerprint density at radius 2 is 1.71 bits per heavy atom. The molecule has 0 fully saturated rings. The number of hydrogen-bond donors (Lipinski definition) is 1. The van der Waals surface area contributed by atoms with Crippen LogP contribution in [0.4, 0.5) is 0 Å². The summed E-state index contributed by atoms with van der Waals surface area (Å²) < 4.78 is 0. The minimum Gasteiger partial charge on any atom is -0.306 e. The van der Waals surface area contributed by atoms with Crippen LogP contribution >= 0.6 is 11.6 Å². The Balaban J connectivity index is 1.79. The van der Waals surface area contributed by atoms with Gasteiger partial charge in [-0.25, -0.2) is 0 Å². The Labute approximate surface area is 130 Å². The highest BCUT2D eigenvalue weighted by Gasteiger charge is 2.08. The molecule has 1 N–H and O–H groups in total. The van der Waals surface area contributed by atoms with Crippen molar-refractivity contribution < 1.29 is 0 Å². The highest BCUT2D eigenvalue weighted by Crippen LogP contribution is 2.24. The van der Waals surface area contributed by atoms with Crippen LogP contribution in [0.1, 0.15) is 24.1 Å². The third-order valence-corrected chi connectivity index (χ3v) is 4.03. The first kappa shape index (κ1) is 14.1. The maximum atomic E-state index is 6.03. The fourth-order valence-corrected chi connectivity index (χ4v) is 2.87. The van der Waals surface area contributed by atoms with E-state index in [1.165, 1.54) is 21.9 Å². The second-order valence-electron chi connectivity index (χ2n) is 5.30. The van der Waals surface area contributed by atoms with Crippen molar-refractivity contribution in [3.63, 3.8) is 0 Å². The quantitative estimate of drug-likeness (QED) is 0.684. The van der Waals surface area contributed by atoms with E-state index in [4.69, 9.17) is 11.6 Å². The van der Waals surface area contributed by atoms with Gasteiger partial charge in [0.2, 0.25) is 0 Å². The van der Waals surface area contributed by atoms with Gasteiger partial charge in [-0.2, -0.15) is 0 Å². The molecule has 2 heteroatoms. The zero-order valence-electron chi connectivity index (χ0n) is 12.0. The van der Waals surface area contributed by atoms with Gasteiger partial charge in [-0.1, -0.05) is 66.2 Å². The van der Waals surface area contributed by atoms with E-state index in [9.17, 15) is 0 Å². The molecule has 0 saturated heterocycles. The average Bonchev–Trinajstić information content (AvgIpc) is 2.52. The molecule has 21 heavy (non-hydrogen) atoms. The Kier molecular flexibility index (Phi) is 4.23. The molecule has 0 unspecified atom stereocenters. The van der Waals surface area contributed by atoms with Gasteiger partial charge in [0, 0.05) is 17.6 Å². The normalized spacial score (nSPS) is 12.5. The van der Waals surface area contributed by atoms with E-state index in [-0.39, 0.29) is 6.04 Å². The van der Waals surface area contributed by atoms with Gasteiger partial charge < -0.3 is 5.32 Å². The number of hydrogen-bond acceptors (Lipinski definition) is 1. The zero-order valence-corrected chi connectivity index (χ0v) is 12.8. The second-order valence-corrected chi connectivity index (χ2v) is 5.74. The Morgan fingerprint density at radius 3 is 2.57 bits per heavy atom. The molecule has 1 nitrogen and oxygen atoms in total. The number of nitrogens with one attached hydrogen (secondary N) is 1. The molecule has 0 aliphatic carbocycles. The number of fused-ring (bicyclic) bond motifs is 1. The smallest absolute Gasteiger partial charge is 0.0409 e. The lowest BCUT2D eigenvalue weighted by molar-refractivity contribution is 0.578. The van der Waals surface area contributed by atoms with Gasteiger partial charge in [0.1, 0.15) is 0 Å². The number of benzene rings is 3. The number of halogens is 1. The SMILES string of the molecule is C[C@@H](NCc1cccc(Cl)c1)c1cccc2ccccc12. The van der Waals surface area contributed by atoms with Crippen LogP contribution in [0.15, 0.2) is 66.7 Å². The van der Waals surface area contributed by atoms with E-state index >= 15 is 0 Å². The summed E-state index contributed by atoms with van der Waals surface area (Å²) in [5.74, 6) is 0. The summed E-state index contributed by atoms with van der Waals surface area (Å²) in [5, 5.41) is 6.96. The Bertz CT molecular complexity index is 746. The van der Waals surface area contributed by atoms with Crippen molar-refractivity contribution in [3.05, 3.63) is 82.9 Å². The van der Waals surface area contributed by atoms with Gasteiger partial charge in [0.25, 0.3) is 0 Å². The zero-order chi connectivity index (χ0) is 14.7. The van der Waals surface area contributed by atoms with Crippen molar-refractivity contribution in [1.82, 2.24) is 5.32 Å². The van der Waals surface area contributed by atoms with Gasteiger partial charge >= 0.3 is 0 Å². The molecule has 0 heterocycles. The van der Waals surface area contributed by atoms with E-state index in [0.717, 1.165) is 11.6 Å². The molecule has 3 rings (SSSR count). The minimum atomic E-state index is 0.287. The molecule has 3 aromatic rings. The summed E-state index contributed by atoms with van der Waals surface area (Å²) in [5.41, 5.74) is 2.53. The van der Waals surface area contributed by atoms with E-state index in [1.54, 1.807) is 0 Å². The summed E-state index contributed by atoms with van der Waals surface area (Å²) in [6.45, 7) is 3.01. The van der Waals surface area contributed by atoms with Crippen molar-refractivity contribution >= 4 is 22.4 Å². The molecule has 0 saturated carbocycles. The molecule has 0 aliphatic heterocycles. The molecule has 0 aliphatic rings. The molecule has 0 amide bonds. The molecule has 0 radical (unpaired) electrons. The summed E-state index contributed by atoms with van der Waals surface area (Å²) in [6.07, 6.45) is 0. The minimum absolute atomic E-state index is 0.287.